The highest BCUT2D eigenvalue weighted by Gasteiger charge is 2.48. The van der Waals surface area contributed by atoms with Gasteiger partial charge in [-0.1, -0.05) is 0 Å². The van der Waals surface area contributed by atoms with Crippen LogP contribution in [0.25, 0.3) is 0 Å². The Morgan fingerprint density at radius 1 is 1.46 bits per heavy atom. The van der Waals surface area contributed by atoms with Crippen molar-refractivity contribution in [1.29, 1.82) is 0 Å². The van der Waals surface area contributed by atoms with Crippen molar-refractivity contribution >= 4 is 0 Å². The maximum absolute atomic E-state index is 5.85. The van der Waals surface area contributed by atoms with E-state index in [2.05, 4.69) is 13.0 Å². The van der Waals surface area contributed by atoms with Gasteiger partial charge in [0.25, 0.3) is 0 Å². The number of allylic oxidation sites excluding steroid dienone is 1. The van der Waals surface area contributed by atoms with Crippen molar-refractivity contribution in [2.24, 2.45) is 5.92 Å². The van der Waals surface area contributed by atoms with Crippen LogP contribution in [0.15, 0.2) is 11.8 Å². The van der Waals surface area contributed by atoms with Crippen LogP contribution in [0.4, 0.5) is 0 Å². The predicted octanol–water partition coefficient (Wildman–Crippen LogP) is 2.50. The van der Waals surface area contributed by atoms with E-state index in [4.69, 9.17) is 9.47 Å². The molecule has 74 valence electrons. The van der Waals surface area contributed by atoms with Gasteiger partial charge in [-0.05, 0) is 45.1 Å². The van der Waals surface area contributed by atoms with Gasteiger partial charge in [-0.25, -0.2) is 0 Å². The molecule has 0 amide bonds. The van der Waals surface area contributed by atoms with Gasteiger partial charge in [-0.3, -0.25) is 0 Å². The monoisotopic (exact) mass is 182 g/mol. The van der Waals surface area contributed by atoms with Crippen molar-refractivity contribution in [2.75, 3.05) is 13.2 Å². The molecule has 2 heteroatoms. The third kappa shape index (κ3) is 1.37. The molecule has 0 radical (unpaired) electrons. The lowest BCUT2D eigenvalue weighted by Gasteiger charge is -2.29. The lowest BCUT2D eigenvalue weighted by Crippen LogP contribution is -2.31. The van der Waals surface area contributed by atoms with Crippen molar-refractivity contribution in [3.05, 3.63) is 11.8 Å². The van der Waals surface area contributed by atoms with E-state index < -0.39 is 0 Å². The van der Waals surface area contributed by atoms with Gasteiger partial charge in [0, 0.05) is 6.61 Å². The predicted molar refractivity (Wildman–Crippen MR) is 51.4 cm³/mol. The van der Waals surface area contributed by atoms with E-state index in [0.29, 0.717) is 5.92 Å². The van der Waals surface area contributed by atoms with Crippen molar-refractivity contribution in [3.8, 4) is 0 Å². The average Bonchev–Trinajstić information content (AvgIpc) is 2.63. The lowest BCUT2D eigenvalue weighted by atomic mass is 10.0. The summed E-state index contributed by atoms with van der Waals surface area (Å²) in [6.07, 6.45) is 5.84. The summed E-state index contributed by atoms with van der Waals surface area (Å²) in [6, 6.07) is 0. The van der Waals surface area contributed by atoms with Crippen molar-refractivity contribution in [3.63, 3.8) is 0 Å². The second-order valence-corrected chi connectivity index (χ2v) is 3.89. The molecule has 13 heavy (non-hydrogen) atoms. The molecule has 2 aliphatic carbocycles. The highest BCUT2D eigenvalue weighted by molar-refractivity contribution is 5.24. The van der Waals surface area contributed by atoms with Gasteiger partial charge in [-0.15, -0.1) is 0 Å². The first-order valence-electron chi connectivity index (χ1n) is 5.30. The molecule has 2 aliphatic rings. The second kappa shape index (κ2) is 3.33. The van der Waals surface area contributed by atoms with Crippen LogP contribution < -0.4 is 0 Å². The summed E-state index contributed by atoms with van der Waals surface area (Å²) in [5.41, 5.74) is -0.0323. The van der Waals surface area contributed by atoms with Crippen LogP contribution in [0, 0.1) is 5.92 Å². The normalized spacial score (nSPS) is 36.5. The molecule has 1 fully saturated rings. The maximum atomic E-state index is 5.85. The summed E-state index contributed by atoms with van der Waals surface area (Å²) in [5.74, 6) is 1.82. The number of fused-ring (bicyclic) bond motifs is 2. The molecule has 1 saturated carbocycles. The molecule has 0 aromatic heterocycles. The quantitative estimate of drug-likeness (QED) is 0.665. The largest absolute Gasteiger partial charge is 0.495 e. The Labute approximate surface area is 79.9 Å². The Balaban J connectivity index is 2.12. The fraction of sp³-hybridized carbons (Fsp3) is 0.818. The zero-order chi connectivity index (χ0) is 9.31. The minimum absolute atomic E-state index is 0.0323. The average molecular weight is 182 g/mol. The fourth-order valence-corrected chi connectivity index (χ4v) is 2.59. The minimum Gasteiger partial charge on any atom is -0.495 e. The van der Waals surface area contributed by atoms with Crippen LogP contribution >= 0.6 is 0 Å². The molecule has 2 nitrogen and oxygen atoms in total. The van der Waals surface area contributed by atoms with Crippen molar-refractivity contribution in [2.45, 2.75) is 38.7 Å². The summed E-state index contributed by atoms with van der Waals surface area (Å²) in [5, 5.41) is 0. The van der Waals surface area contributed by atoms with E-state index in [0.717, 1.165) is 31.8 Å². The Morgan fingerprint density at radius 3 is 2.92 bits per heavy atom. The Morgan fingerprint density at radius 2 is 2.31 bits per heavy atom. The molecule has 0 aliphatic heterocycles. The molecule has 2 bridgehead atoms. The first-order chi connectivity index (χ1) is 6.30. The SMILES string of the molecule is CCOC1=CC2CCC1(OCC)C2. The van der Waals surface area contributed by atoms with Gasteiger partial charge in [0.2, 0.25) is 0 Å². The van der Waals surface area contributed by atoms with E-state index >= 15 is 0 Å². The summed E-state index contributed by atoms with van der Waals surface area (Å²) in [6.45, 7) is 5.64. The lowest BCUT2D eigenvalue weighted by molar-refractivity contribution is -0.0408. The molecular formula is C11H18O2. The van der Waals surface area contributed by atoms with Crippen LogP contribution in [-0.4, -0.2) is 18.8 Å². The highest BCUT2D eigenvalue weighted by Crippen LogP contribution is 2.49. The molecule has 2 rings (SSSR count). The van der Waals surface area contributed by atoms with E-state index in [-0.39, 0.29) is 5.60 Å². The molecule has 0 aromatic carbocycles. The highest BCUT2D eigenvalue weighted by atomic mass is 16.5. The molecule has 2 atom stereocenters. The Kier molecular flexibility index (Phi) is 2.33. The number of hydrogen-bond acceptors (Lipinski definition) is 2. The van der Waals surface area contributed by atoms with Gasteiger partial charge in [0.1, 0.15) is 11.4 Å². The molecule has 2 unspecified atom stereocenters. The van der Waals surface area contributed by atoms with Crippen molar-refractivity contribution in [1.82, 2.24) is 0 Å². The topological polar surface area (TPSA) is 18.5 Å². The molecule has 0 aromatic rings. The van der Waals surface area contributed by atoms with E-state index in [1.54, 1.807) is 0 Å². The minimum atomic E-state index is -0.0323. The summed E-state index contributed by atoms with van der Waals surface area (Å²) >= 11 is 0. The first kappa shape index (κ1) is 9.07. The third-order valence-corrected chi connectivity index (χ3v) is 3.07. The van der Waals surface area contributed by atoms with Gasteiger partial charge < -0.3 is 9.47 Å². The van der Waals surface area contributed by atoms with Crippen LogP contribution in [0.5, 0.6) is 0 Å². The molecule has 0 heterocycles. The van der Waals surface area contributed by atoms with E-state index in [1.165, 1.54) is 6.42 Å². The van der Waals surface area contributed by atoms with Crippen LogP contribution in [0.1, 0.15) is 33.1 Å². The van der Waals surface area contributed by atoms with Gasteiger partial charge >= 0.3 is 0 Å². The van der Waals surface area contributed by atoms with Crippen molar-refractivity contribution < 1.29 is 9.47 Å². The summed E-state index contributed by atoms with van der Waals surface area (Å²) < 4.78 is 11.5. The zero-order valence-corrected chi connectivity index (χ0v) is 8.51. The second-order valence-electron chi connectivity index (χ2n) is 3.89. The molecule has 0 spiro atoms. The standard InChI is InChI=1S/C11H18O2/c1-3-12-10-7-9-5-6-11(10,8-9)13-4-2/h7,9H,3-6,8H2,1-2H3. The molecule has 0 N–H and O–H groups in total. The smallest absolute Gasteiger partial charge is 0.125 e. The van der Waals surface area contributed by atoms with Gasteiger partial charge in [0.15, 0.2) is 0 Å². The molecular weight excluding hydrogens is 164 g/mol. The van der Waals surface area contributed by atoms with Gasteiger partial charge in [-0.2, -0.15) is 0 Å². The van der Waals surface area contributed by atoms with Crippen LogP contribution in [-0.2, 0) is 9.47 Å². The summed E-state index contributed by atoms with van der Waals surface area (Å²) in [7, 11) is 0. The molecule has 0 saturated heterocycles. The van der Waals surface area contributed by atoms with E-state index in [1.807, 2.05) is 6.92 Å². The number of rotatable bonds is 4. The number of hydrogen-bond donors (Lipinski definition) is 0. The van der Waals surface area contributed by atoms with Crippen LogP contribution in [0.2, 0.25) is 0 Å². The first-order valence-corrected chi connectivity index (χ1v) is 5.30. The summed E-state index contributed by atoms with van der Waals surface area (Å²) in [4.78, 5) is 0. The Hall–Kier alpha value is -0.500. The third-order valence-electron chi connectivity index (χ3n) is 3.07. The van der Waals surface area contributed by atoms with E-state index in [9.17, 15) is 0 Å². The Bertz CT molecular complexity index is 222. The maximum Gasteiger partial charge on any atom is 0.125 e. The zero-order valence-electron chi connectivity index (χ0n) is 8.51. The number of ether oxygens (including phenoxy) is 2. The fourth-order valence-electron chi connectivity index (χ4n) is 2.59. The van der Waals surface area contributed by atoms with Crippen LogP contribution in [0.3, 0.4) is 0 Å². The van der Waals surface area contributed by atoms with Gasteiger partial charge in [0.05, 0.1) is 6.61 Å².